The number of aromatic nitrogens is 2. The molecule has 0 saturated carbocycles. The Hall–Kier alpha value is -2.73. The third-order valence-electron chi connectivity index (χ3n) is 4.50. The predicted octanol–water partition coefficient (Wildman–Crippen LogP) is 5.68. The number of pyridine rings is 2. The molecule has 2 aromatic carbocycles. The lowest BCUT2D eigenvalue weighted by molar-refractivity contribution is 0.316. The Morgan fingerprint density at radius 1 is 1.00 bits per heavy atom. The van der Waals surface area contributed by atoms with Gasteiger partial charge in [0.25, 0.3) is 0 Å². The van der Waals surface area contributed by atoms with E-state index in [4.69, 9.17) is 16.3 Å². The molecule has 154 valence electrons. The number of halogens is 3. The van der Waals surface area contributed by atoms with Gasteiger partial charge in [-0.05, 0) is 53.6 Å². The van der Waals surface area contributed by atoms with Crippen LogP contribution in [0.3, 0.4) is 0 Å². The summed E-state index contributed by atoms with van der Waals surface area (Å²) in [6.45, 7) is 1.78. The van der Waals surface area contributed by atoms with Crippen LogP contribution in [0.25, 0.3) is 22.0 Å². The first-order valence-corrected chi connectivity index (χ1v) is 9.65. The Labute approximate surface area is 185 Å². The zero-order valence-electron chi connectivity index (χ0n) is 16.0. The lowest BCUT2D eigenvalue weighted by Gasteiger charge is -2.11. The maximum Gasteiger partial charge on any atom is 0.145 e. The highest BCUT2D eigenvalue weighted by atomic mass is 35.5. The molecule has 1 N–H and O–H groups in total. The van der Waals surface area contributed by atoms with E-state index < -0.39 is 0 Å². The van der Waals surface area contributed by atoms with Crippen LogP contribution in [0, 0.1) is 5.82 Å². The van der Waals surface area contributed by atoms with Gasteiger partial charge in [0.1, 0.15) is 23.7 Å². The summed E-state index contributed by atoms with van der Waals surface area (Å²) in [6, 6.07) is 15.9. The molecule has 0 bridgehead atoms. The fourth-order valence-electron chi connectivity index (χ4n) is 3.10. The van der Waals surface area contributed by atoms with Gasteiger partial charge in [-0.15, -0.1) is 12.4 Å². The van der Waals surface area contributed by atoms with Crippen molar-refractivity contribution in [2.75, 3.05) is 13.2 Å². The number of hydrogen-bond donors (Lipinski definition) is 1. The lowest BCUT2D eigenvalue weighted by Crippen LogP contribution is -2.20. The van der Waals surface area contributed by atoms with Crippen molar-refractivity contribution in [3.63, 3.8) is 0 Å². The molecule has 0 saturated heterocycles. The van der Waals surface area contributed by atoms with E-state index in [1.165, 1.54) is 12.1 Å². The highest BCUT2D eigenvalue weighted by Gasteiger charge is 2.07. The molecular formula is C23H20Cl2FN3O. The van der Waals surface area contributed by atoms with Crippen LogP contribution in [0.1, 0.15) is 5.56 Å². The minimum absolute atomic E-state index is 0. The summed E-state index contributed by atoms with van der Waals surface area (Å²) < 4.78 is 19.3. The predicted molar refractivity (Wildman–Crippen MR) is 121 cm³/mol. The average molecular weight is 444 g/mol. The molecule has 30 heavy (non-hydrogen) atoms. The summed E-state index contributed by atoms with van der Waals surface area (Å²) >= 11 is 6.21. The van der Waals surface area contributed by atoms with Crippen molar-refractivity contribution in [3.8, 4) is 16.9 Å². The van der Waals surface area contributed by atoms with E-state index in [1.807, 2.05) is 36.4 Å². The molecule has 4 nitrogen and oxygen atoms in total. The monoisotopic (exact) mass is 443 g/mol. The third kappa shape index (κ3) is 5.25. The van der Waals surface area contributed by atoms with E-state index in [2.05, 4.69) is 15.3 Å². The van der Waals surface area contributed by atoms with Crippen LogP contribution < -0.4 is 10.1 Å². The summed E-state index contributed by atoms with van der Waals surface area (Å²) in [5, 5.41) is 4.87. The fraction of sp³-hybridized carbons (Fsp3) is 0.130. The molecule has 0 radical (unpaired) electrons. The zero-order valence-corrected chi connectivity index (χ0v) is 17.6. The number of nitrogens with one attached hydrogen (secondary N) is 1. The van der Waals surface area contributed by atoms with Crippen LogP contribution >= 0.6 is 24.0 Å². The molecule has 0 atom stereocenters. The van der Waals surface area contributed by atoms with Crippen LogP contribution in [0.2, 0.25) is 5.02 Å². The first-order valence-electron chi connectivity index (χ1n) is 9.27. The van der Waals surface area contributed by atoms with Crippen LogP contribution in [0.15, 0.2) is 73.2 Å². The number of nitrogens with zero attached hydrogens (tertiary/aromatic N) is 2. The number of fused-ring (bicyclic) bond motifs is 1. The van der Waals surface area contributed by atoms with Gasteiger partial charge in [-0.1, -0.05) is 23.7 Å². The quantitative estimate of drug-likeness (QED) is 0.373. The highest BCUT2D eigenvalue weighted by molar-refractivity contribution is 6.35. The van der Waals surface area contributed by atoms with Gasteiger partial charge in [0.05, 0.1) is 5.02 Å². The largest absolute Gasteiger partial charge is 0.490 e. The summed E-state index contributed by atoms with van der Waals surface area (Å²) in [7, 11) is 0. The van der Waals surface area contributed by atoms with E-state index in [9.17, 15) is 4.39 Å². The minimum Gasteiger partial charge on any atom is -0.490 e. The molecule has 0 aliphatic heterocycles. The van der Waals surface area contributed by atoms with E-state index in [0.717, 1.165) is 27.6 Å². The van der Waals surface area contributed by atoms with Crippen molar-refractivity contribution in [1.82, 2.24) is 15.3 Å². The molecule has 7 heteroatoms. The highest BCUT2D eigenvalue weighted by Crippen LogP contribution is 2.29. The van der Waals surface area contributed by atoms with Crippen LogP contribution in [-0.4, -0.2) is 23.1 Å². The minimum atomic E-state index is -0.257. The van der Waals surface area contributed by atoms with Gasteiger partial charge in [0.2, 0.25) is 0 Å². The van der Waals surface area contributed by atoms with Crippen molar-refractivity contribution in [1.29, 1.82) is 0 Å². The Morgan fingerprint density at radius 3 is 2.77 bits per heavy atom. The summed E-state index contributed by atoms with van der Waals surface area (Å²) in [4.78, 5) is 8.63. The van der Waals surface area contributed by atoms with Gasteiger partial charge in [-0.3, -0.25) is 9.97 Å². The van der Waals surface area contributed by atoms with Crippen molar-refractivity contribution < 1.29 is 9.13 Å². The smallest absolute Gasteiger partial charge is 0.145 e. The Kier molecular flexibility index (Phi) is 7.57. The van der Waals surface area contributed by atoms with E-state index in [0.29, 0.717) is 30.5 Å². The average Bonchev–Trinajstić information content (AvgIpc) is 2.75. The topological polar surface area (TPSA) is 47.0 Å². The molecule has 0 aliphatic rings. The molecular weight excluding hydrogens is 424 g/mol. The standard InChI is InChI=1S/C23H19ClFN3O.ClH/c24-21-6-7-22(23-20(21)5-2-8-28-23)29-10-9-26-13-16-11-18(15-27-14-16)17-3-1-4-19(25)12-17;/h1-8,11-12,14-15,26H,9-10,13H2;1H. The van der Waals surface area contributed by atoms with Gasteiger partial charge in [0.15, 0.2) is 0 Å². The molecule has 4 rings (SSSR count). The van der Waals surface area contributed by atoms with Gasteiger partial charge < -0.3 is 10.1 Å². The molecule has 0 unspecified atom stereocenters. The number of ether oxygens (including phenoxy) is 1. The van der Waals surface area contributed by atoms with Crippen molar-refractivity contribution in [2.24, 2.45) is 0 Å². The van der Waals surface area contributed by atoms with Crippen molar-refractivity contribution in [2.45, 2.75) is 6.54 Å². The molecule has 0 amide bonds. The number of rotatable bonds is 7. The summed E-state index contributed by atoms with van der Waals surface area (Å²) in [5.41, 5.74) is 3.47. The molecule has 0 spiro atoms. The first-order chi connectivity index (χ1) is 14.2. The van der Waals surface area contributed by atoms with Crippen LogP contribution in [-0.2, 0) is 6.54 Å². The van der Waals surface area contributed by atoms with Crippen molar-refractivity contribution in [3.05, 3.63) is 89.6 Å². The Morgan fingerprint density at radius 2 is 1.90 bits per heavy atom. The second-order valence-electron chi connectivity index (χ2n) is 6.56. The van der Waals surface area contributed by atoms with Crippen molar-refractivity contribution >= 4 is 34.9 Å². The van der Waals surface area contributed by atoms with Gasteiger partial charge in [-0.2, -0.15) is 0 Å². The zero-order chi connectivity index (χ0) is 20.1. The maximum absolute atomic E-state index is 13.4. The van der Waals surface area contributed by atoms with Crippen LogP contribution in [0.4, 0.5) is 4.39 Å². The Bertz CT molecular complexity index is 1140. The normalized spacial score (nSPS) is 10.6. The second-order valence-corrected chi connectivity index (χ2v) is 6.97. The van der Waals surface area contributed by atoms with E-state index in [-0.39, 0.29) is 18.2 Å². The molecule has 2 aromatic heterocycles. The lowest BCUT2D eigenvalue weighted by atomic mass is 10.1. The maximum atomic E-state index is 13.4. The Balaban J connectivity index is 0.00000256. The van der Waals surface area contributed by atoms with E-state index in [1.54, 1.807) is 24.7 Å². The fourth-order valence-corrected chi connectivity index (χ4v) is 3.32. The molecule has 4 aromatic rings. The van der Waals surface area contributed by atoms with Crippen LogP contribution in [0.5, 0.6) is 5.75 Å². The SMILES string of the molecule is Cl.Fc1cccc(-c2cncc(CNCCOc3ccc(Cl)c4cccnc34)c2)c1. The third-order valence-corrected chi connectivity index (χ3v) is 4.83. The second kappa shape index (κ2) is 10.3. The molecule has 2 heterocycles. The van der Waals surface area contributed by atoms with E-state index >= 15 is 0 Å². The summed E-state index contributed by atoms with van der Waals surface area (Å²) in [6.07, 6.45) is 5.26. The van der Waals surface area contributed by atoms with Gasteiger partial charge in [-0.25, -0.2) is 4.39 Å². The first kappa shape index (κ1) is 22.0. The number of hydrogen-bond acceptors (Lipinski definition) is 4. The molecule has 0 aliphatic carbocycles. The number of benzene rings is 2. The summed E-state index contributed by atoms with van der Waals surface area (Å²) in [5.74, 6) is 0.453. The van der Waals surface area contributed by atoms with Gasteiger partial charge >= 0.3 is 0 Å². The molecule has 0 fully saturated rings. The van der Waals surface area contributed by atoms with Gasteiger partial charge in [0, 0.05) is 42.6 Å².